The number of nitrogens with two attached hydrogens (primary N) is 1. The summed E-state index contributed by atoms with van der Waals surface area (Å²) in [5.74, 6) is 2.68. The van der Waals surface area contributed by atoms with E-state index in [0.29, 0.717) is 17.7 Å². The van der Waals surface area contributed by atoms with E-state index in [4.69, 9.17) is 22.3 Å². The van der Waals surface area contributed by atoms with Gasteiger partial charge in [-0.1, -0.05) is 23.7 Å². The number of anilines is 3. The van der Waals surface area contributed by atoms with Crippen LogP contribution >= 0.6 is 11.6 Å². The van der Waals surface area contributed by atoms with Crippen LogP contribution in [0.1, 0.15) is 60.4 Å². The van der Waals surface area contributed by atoms with Gasteiger partial charge in [-0.15, -0.1) is 0 Å². The van der Waals surface area contributed by atoms with Gasteiger partial charge in [0, 0.05) is 37.0 Å². The molecule has 35 heavy (non-hydrogen) atoms. The molecule has 0 saturated heterocycles. The van der Waals surface area contributed by atoms with Crippen molar-refractivity contribution in [3.63, 3.8) is 0 Å². The topological polar surface area (TPSA) is 93.2 Å². The van der Waals surface area contributed by atoms with Crippen LogP contribution in [0, 0.1) is 12.8 Å². The van der Waals surface area contributed by atoms with E-state index in [9.17, 15) is 0 Å². The Balaban J connectivity index is 1.20. The van der Waals surface area contributed by atoms with Crippen molar-refractivity contribution in [3.05, 3.63) is 76.7 Å². The van der Waals surface area contributed by atoms with Gasteiger partial charge in [-0.25, -0.2) is 9.97 Å². The molecule has 180 valence electrons. The summed E-state index contributed by atoms with van der Waals surface area (Å²) in [6.07, 6.45) is 11.1. The van der Waals surface area contributed by atoms with Crippen LogP contribution in [-0.2, 0) is 6.42 Å². The van der Waals surface area contributed by atoms with Crippen LogP contribution in [-0.4, -0.2) is 25.9 Å². The Bertz CT molecular complexity index is 1360. The van der Waals surface area contributed by atoms with Crippen molar-refractivity contribution in [1.29, 1.82) is 0 Å². The molecule has 4 aromatic rings. The van der Waals surface area contributed by atoms with E-state index < -0.39 is 0 Å². The maximum absolute atomic E-state index is 6.45. The number of aryl methyl sites for hydroxylation is 1. The molecule has 6 rings (SSSR count). The molecule has 4 heterocycles. The zero-order valence-corrected chi connectivity index (χ0v) is 20.6. The number of rotatable bonds is 5. The summed E-state index contributed by atoms with van der Waals surface area (Å²) in [5, 5.41) is 7.90. The maximum Gasteiger partial charge on any atom is 0.149 e. The molecule has 1 saturated carbocycles. The Morgan fingerprint density at radius 1 is 1.14 bits per heavy atom. The Labute approximate surface area is 210 Å². The molecule has 1 aromatic carbocycles. The minimum atomic E-state index is 0.0313. The van der Waals surface area contributed by atoms with Crippen LogP contribution in [0.15, 0.2) is 48.9 Å². The summed E-state index contributed by atoms with van der Waals surface area (Å²) >= 11 is 6.45. The second-order valence-electron chi connectivity index (χ2n) is 9.85. The van der Waals surface area contributed by atoms with Crippen molar-refractivity contribution in [2.24, 2.45) is 5.92 Å². The SMILES string of the molecule is Cc1ccc(NC[C@H]2CC[C@H](c3nc(C4Cc5cccc(Cl)c5N4)c4c(N)nccn43)CC2)cn1. The van der Waals surface area contributed by atoms with Crippen LogP contribution in [0.5, 0.6) is 0 Å². The third-order valence-corrected chi connectivity index (χ3v) is 7.84. The van der Waals surface area contributed by atoms with Crippen LogP contribution in [0.25, 0.3) is 5.52 Å². The number of fused-ring (bicyclic) bond motifs is 2. The van der Waals surface area contributed by atoms with Crippen LogP contribution < -0.4 is 16.4 Å². The summed E-state index contributed by atoms with van der Waals surface area (Å²) < 4.78 is 2.17. The number of imidazole rings is 1. The fraction of sp³-hybridized carbons (Fsp3) is 0.370. The normalized spacial score (nSPS) is 21.6. The lowest BCUT2D eigenvalue weighted by molar-refractivity contribution is 0.330. The molecule has 4 N–H and O–H groups in total. The molecule has 1 aliphatic heterocycles. The summed E-state index contributed by atoms with van der Waals surface area (Å²) in [5.41, 5.74) is 12.6. The number of nitrogen functional groups attached to an aromatic ring is 1. The van der Waals surface area contributed by atoms with Gasteiger partial charge in [0.05, 0.1) is 34.3 Å². The van der Waals surface area contributed by atoms with E-state index in [0.717, 1.165) is 64.9 Å². The molecular weight excluding hydrogens is 458 g/mol. The summed E-state index contributed by atoms with van der Waals surface area (Å²) in [6.45, 7) is 2.99. The second-order valence-corrected chi connectivity index (χ2v) is 10.3. The van der Waals surface area contributed by atoms with E-state index in [1.54, 1.807) is 6.20 Å². The molecule has 2 aliphatic rings. The minimum Gasteiger partial charge on any atom is -0.384 e. The first-order valence-electron chi connectivity index (χ1n) is 12.4. The fourth-order valence-electron chi connectivity index (χ4n) is 5.62. The van der Waals surface area contributed by atoms with Crippen LogP contribution in [0.4, 0.5) is 17.2 Å². The van der Waals surface area contributed by atoms with Crippen molar-refractivity contribution in [2.75, 3.05) is 22.9 Å². The number of hydrogen-bond acceptors (Lipinski definition) is 6. The zero-order valence-electron chi connectivity index (χ0n) is 19.8. The lowest BCUT2D eigenvalue weighted by Gasteiger charge is -2.28. The van der Waals surface area contributed by atoms with E-state index in [-0.39, 0.29) is 6.04 Å². The highest BCUT2D eigenvalue weighted by Gasteiger charge is 2.32. The standard InChI is InChI=1S/C27H30ClN7/c1-16-5-10-20(15-31-16)32-14-17-6-8-18(9-7-17)27-34-24(25-26(29)30-11-12-35(25)27)22-13-19-3-2-4-21(28)23(19)33-22/h2-5,10-12,15,17-18,22,32-33H,6-9,13-14H2,1H3,(H2,29,30)/t17-,18-,22?. The summed E-state index contributed by atoms with van der Waals surface area (Å²) in [4.78, 5) is 14.0. The highest BCUT2D eigenvalue weighted by molar-refractivity contribution is 6.33. The smallest absolute Gasteiger partial charge is 0.149 e. The number of para-hydroxylation sites is 1. The van der Waals surface area contributed by atoms with Gasteiger partial charge in [0.1, 0.15) is 17.2 Å². The predicted octanol–water partition coefficient (Wildman–Crippen LogP) is 5.76. The van der Waals surface area contributed by atoms with E-state index >= 15 is 0 Å². The molecule has 3 aromatic heterocycles. The minimum absolute atomic E-state index is 0.0313. The number of halogens is 1. The van der Waals surface area contributed by atoms with Crippen molar-refractivity contribution in [3.8, 4) is 0 Å². The monoisotopic (exact) mass is 487 g/mol. The van der Waals surface area contributed by atoms with Gasteiger partial charge >= 0.3 is 0 Å². The number of benzene rings is 1. The molecule has 1 atom stereocenters. The Kier molecular flexibility index (Phi) is 5.72. The van der Waals surface area contributed by atoms with E-state index in [2.05, 4.69) is 37.1 Å². The molecule has 0 radical (unpaired) electrons. The quantitative estimate of drug-likeness (QED) is 0.331. The highest BCUT2D eigenvalue weighted by Crippen LogP contribution is 2.42. The average Bonchev–Trinajstić information content (AvgIpc) is 3.48. The lowest BCUT2D eigenvalue weighted by atomic mass is 9.81. The van der Waals surface area contributed by atoms with Crippen molar-refractivity contribution in [1.82, 2.24) is 19.4 Å². The van der Waals surface area contributed by atoms with Crippen molar-refractivity contribution in [2.45, 2.75) is 51.0 Å². The number of pyridine rings is 1. The summed E-state index contributed by atoms with van der Waals surface area (Å²) in [7, 11) is 0. The third-order valence-electron chi connectivity index (χ3n) is 7.53. The first kappa shape index (κ1) is 22.2. The average molecular weight is 488 g/mol. The fourth-order valence-corrected chi connectivity index (χ4v) is 5.86. The molecule has 0 amide bonds. The van der Waals surface area contributed by atoms with Gasteiger partial charge in [-0.3, -0.25) is 9.38 Å². The number of aromatic nitrogens is 4. The maximum atomic E-state index is 6.45. The molecule has 1 aliphatic carbocycles. The first-order valence-corrected chi connectivity index (χ1v) is 12.8. The Hall–Kier alpha value is -3.32. The molecule has 1 unspecified atom stereocenters. The number of nitrogens with zero attached hydrogens (tertiary/aromatic N) is 4. The van der Waals surface area contributed by atoms with E-state index in [1.165, 1.54) is 18.4 Å². The Morgan fingerprint density at radius 2 is 2.00 bits per heavy atom. The van der Waals surface area contributed by atoms with Gasteiger partial charge < -0.3 is 16.4 Å². The molecule has 8 heteroatoms. The van der Waals surface area contributed by atoms with Gasteiger partial charge in [0.25, 0.3) is 0 Å². The second kappa shape index (κ2) is 9.04. The molecular formula is C27H30ClN7. The highest BCUT2D eigenvalue weighted by atomic mass is 35.5. The Morgan fingerprint density at radius 3 is 2.77 bits per heavy atom. The zero-order chi connectivity index (χ0) is 23.9. The lowest BCUT2D eigenvalue weighted by Crippen LogP contribution is -2.21. The first-order chi connectivity index (χ1) is 17.1. The number of hydrogen-bond donors (Lipinski definition) is 3. The van der Waals surface area contributed by atoms with Crippen LogP contribution in [0.2, 0.25) is 5.02 Å². The molecule has 0 spiro atoms. The van der Waals surface area contributed by atoms with Gasteiger partial charge in [0.2, 0.25) is 0 Å². The summed E-state index contributed by atoms with van der Waals surface area (Å²) in [6, 6.07) is 10.2. The number of nitrogens with one attached hydrogen (secondary N) is 2. The van der Waals surface area contributed by atoms with Gasteiger partial charge in [-0.05, 0) is 62.3 Å². The third kappa shape index (κ3) is 4.18. The molecule has 1 fully saturated rings. The van der Waals surface area contributed by atoms with Gasteiger partial charge in [-0.2, -0.15) is 0 Å². The van der Waals surface area contributed by atoms with Crippen LogP contribution in [0.3, 0.4) is 0 Å². The molecule has 0 bridgehead atoms. The van der Waals surface area contributed by atoms with E-state index in [1.807, 2.05) is 37.5 Å². The molecule has 7 nitrogen and oxygen atoms in total. The van der Waals surface area contributed by atoms with Crippen molar-refractivity contribution < 1.29 is 0 Å². The predicted molar refractivity (Wildman–Crippen MR) is 141 cm³/mol. The van der Waals surface area contributed by atoms with Crippen molar-refractivity contribution >= 4 is 34.3 Å². The van der Waals surface area contributed by atoms with Gasteiger partial charge in [0.15, 0.2) is 0 Å². The largest absolute Gasteiger partial charge is 0.384 e.